The van der Waals surface area contributed by atoms with Gasteiger partial charge in [0, 0.05) is 24.0 Å². The Morgan fingerprint density at radius 3 is 2.71 bits per heavy atom. The molecule has 3 rings (SSSR count). The minimum absolute atomic E-state index is 0.0178. The highest BCUT2D eigenvalue weighted by atomic mass is 32.1. The molecule has 0 amide bonds. The molecule has 2 aromatic heterocycles. The van der Waals surface area contributed by atoms with Crippen LogP contribution in [0.25, 0.3) is 21.3 Å². The van der Waals surface area contributed by atoms with E-state index in [1.165, 1.54) is 15.9 Å². The van der Waals surface area contributed by atoms with Crippen molar-refractivity contribution >= 4 is 21.6 Å². The third-order valence-electron chi connectivity index (χ3n) is 3.97. The Bertz CT molecular complexity index is 903. The van der Waals surface area contributed by atoms with Gasteiger partial charge in [-0.15, -0.1) is 11.3 Å². The van der Waals surface area contributed by atoms with Gasteiger partial charge >= 0.3 is 0 Å². The predicted molar refractivity (Wildman–Crippen MR) is 95.6 cm³/mol. The summed E-state index contributed by atoms with van der Waals surface area (Å²) in [6.45, 7) is 1.85. The number of nitrogens with zero attached hydrogens (tertiary/aromatic N) is 2. The first-order valence-electron chi connectivity index (χ1n) is 7.80. The summed E-state index contributed by atoms with van der Waals surface area (Å²) >= 11 is 1.50. The van der Waals surface area contributed by atoms with Crippen LogP contribution in [0.1, 0.15) is 10.7 Å². The minimum Gasteiger partial charge on any atom is -0.384 e. The molecule has 0 aliphatic heterocycles. The first-order chi connectivity index (χ1) is 11.7. The van der Waals surface area contributed by atoms with Crippen molar-refractivity contribution in [3.05, 3.63) is 51.4 Å². The van der Waals surface area contributed by atoms with Gasteiger partial charge in [-0.3, -0.25) is 9.36 Å². The molecule has 1 aromatic carbocycles. The van der Waals surface area contributed by atoms with Crippen LogP contribution in [0.3, 0.4) is 0 Å². The van der Waals surface area contributed by atoms with E-state index in [1.807, 2.05) is 37.3 Å². The van der Waals surface area contributed by atoms with Crippen molar-refractivity contribution in [1.82, 2.24) is 9.55 Å². The zero-order chi connectivity index (χ0) is 17.1. The van der Waals surface area contributed by atoms with Gasteiger partial charge in [0.25, 0.3) is 5.56 Å². The van der Waals surface area contributed by atoms with E-state index >= 15 is 0 Å². The fraction of sp³-hybridized carbons (Fsp3) is 0.333. The molecule has 2 heterocycles. The summed E-state index contributed by atoms with van der Waals surface area (Å²) in [4.78, 5) is 19.4. The highest BCUT2D eigenvalue weighted by Gasteiger charge is 2.19. The van der Waals surface area contributed by atoms with Crippen molar-refractivity contribution in [1.29, 1.82) is 0 Å². The predicted octanol–water partition coefficient (Wildman–Crippen LogP) is 3.59. The standard InChI is InChI=1S/C18H19FN2O2S/c1-12-15(13-6-4-3-5-7-13)16-17(24-12)20-14(8-11-23-2)21(10-9-19)18(16)22/h3-7H,8-11H2,1-2H3. The van der Waals surface area contributed by atoms with Crippen LogP contribution >= 0.6 is 11.3 Å². The highest BCUT2D eigenvalue weighted by molar-refractivity contribution is 7.19. The zero-order valence-electron chi connectivity index (χ0n) is 13.7. The monoisotopic (exact) mass is 346 g/mol. The molecule has 6 heteroatoms. The van der Waals surface area contributed by atoms with Crippen LogP contribution in [0.4, 0.5) is 4.39 Å². The van der Waals surface area contributed by atoms with E-state index in [0.29, 0.717) is 29.1 Å². The molecule has 0 radical (unpaired) electrons. The summed E-state index contributed by atoms with van der Waals surface area (Å²) < 4.78 is 19.5. The molecule has 0 unspecified atom stereocenters. The Morgan fingerprint density at radius 1 is 1.29 bits per heavy atom. The molecule has 0 bridgehead atoms. The smallest absolute Gasteiger partial charge is 0.263 e. The van der Waals surface area contributed by atoms with Crippen LogP contribution in [0.5, 0.6) is 0 Å². The van der Waals surface area contributed by atoms with Crippen LogP contribution in [-0.2, 0) is 17.7 Å². The Hall–Kier alpha value is -2.05. The number of aromatic nitrogens is 2. The highest BCUT2D eigenvalue weighted by Crippen LogP contribution is 2.35. The number of thiophene rings is 1. The van der Waals surface area contributed by atoms with E-state index in [2.05, 4.69) is 4.98 Å². The number of benzene rings is 1. The van der Waals surface area contributed by atoms with Crippen LogP contribution in [0.2, 0.25) is 0 Å². The Kier molecular flexibility index (Phi) is 5.06. The lowest BCUT2D eigenvalue weighted by Crippen LogP contribution is -2.26. The van der Waals surface area contributed by atoms with Crippen molar-refractivity contribution in [2.75, 3.05) is 20.4 Å². The molecule has 0 saturated carbocycles. The maximum Gasteiger partial charge on any atom is 0.263 e. The van der Waals surface area contributed by atoms with E-state index < -0.39 is 6.67 Å². The Labute approximate surface area is 143 Å². The first-order valence-corrected chi connectivity index (χ1v) is 8.62. The normalized spacial score (nSPS) is 11.3. The van der Waals surface area contributed by atoms with Gasteiger partial charge in [0.15, 0.2) is 0 Å². The van der Waals surface area contributed by atoms with Crippen molar-refractivity contribution in [3.8, 4) is 11.1 Å². The summed E-state index contributed by atoms with van der Waals surface area (Å²) in [5, 5.41) is 0.582. The van der Waals surface area contributed by atoms with Crippen LogP contribution in [0, 0.1) is 6.92 Å². The second-order valence-corrected chi connectivity index (χ2v) is 6.70. The lowest BCUT2D eigenvalue weighted by atomic mass is 10.0. The molecule has 0 spiro atoms. The van der Waals surface area contributed by atoms with Crippen molar-refractivity contribution in [2.45, 2.75) is 19.9 Å². The number of rotatable bonds is 6. The largest absolute Gasteiger partial charge is 0.384 e. The first kappa shape index (κ1) is 16.8. The fourth-order valence-electron chi connectivity index (χ4n) is 2.89. The van der Waals surface area contributed by atoms with E-state index in [-0.39, 0.29) is 12.1 Å². The number of methoxy groups -OCH3 is 1. The summed E-state index contributed by atoms with van der Waals surface area (Å²) in [6.07, 6.45) is 0.485. The van der Waals surface area contributed by atoms with Gasteiger partial charge in [0.1, 0.15) is 17.3 Å². The van der Waals surface area contributed by atoms with Gasteiger partial charge in [-0.2, -0.15) is 0 Å². The number of hydrogen-bond acceptors (Lipinski definition) is 4. The maximum absolute atomic E-state index is 13.0. The molecular weight excluding hydrogens is 327 g/mol. The number of fused-ring (bicyclic) bond motifs is 1. The Balaban J connectivity index is 2.28. The molecule has 0 aliphatic carbocycles. The average molecular weight is 346 g/mol. The number of alkyl halides is 1. The quantitative estimate of drug-likeness (QED) is 0.685. The van der Waals surface area contributed by atoms with Gasteiger partial charge in [0.2, 0.25) is 0 Å². The van der Waals surface area contributed by atoms with Crippen LogP contribution in [-0.4, -0.2) is 29.9 Å². The van der Waals surface area contributed by atoms with E-state index in [0.717, 1.165) is 16.0 Å². The minimum atomic E-state index is -0.600. The topological polar surface area (TPSA) is 44.1 Å². The second-order valence-electron chi connectivity index (χ2n) is 5.50. The lowest BCUT2D eigenvalue weighted by molar-refractivity contribution is 0.199. The van der Waals surface area contributed by atoms with Gasteiger partial charge < -0.3 is 4.74 Å². The van der Waals surface area contributed by atoms with Gasteiger partial charge in [-0.25, -0.2) is 9.37 Å². The average Bonchev–Trinajstić information content (AvgIpc) is 2.93. The van der Waals surface area contributed by atoms with Crippen LogP contribution in [0.15, 0.2) is 35.1 Å². The summed E-state index contributed by atoms with van der Waals surface area (Å²) in [7, 11) is 1.60. The molecule has 24 heavy (non-hydrogen) atoms. The van der Waals surface area contributed by atoms with Crippen LogP contribution < -0.4 is 5.56 Å². The number of ether oxygens (including phenoxy) is 1. The lowest BCUT2D eigenvalue weighted by Gasteiger charge is -2.11. The number of aryl methyl sites for hydroxylation is 1. The third-order valence-corrected chi connectivity index (χ3v) is 4.97. The molecule has 3 aromatic rings. The molecule has 4 nitrogen and oxygen atoms in total. The summed E-state index contributed by atoms with van der Waals surface area (Å²) in [5.41, 5.74) is 1.71. The third kappa shape index (κ3) is 2.99. The van der Waals surface area contributed by atoms with Gasteiger partial charge in [0.05, 0.1) is 18.5 Å². The zero-order valence-corrected chi connectivity index (χ0v) is 14.5. The Morgan fingerprint density at radius 2 is 2.04 bits per heavy atom. The molecule has 0 aliphatic rings. The molecule has 0 atom stereocenters. The van der Waals surface area contributed by atoms with Crippen molar-refractivity contribution in [2.24, 2.45) is 0 Å². The molecule has 0 fully saturated rings. The van der Waals surface area contributed by atoms with Crippen molar-refractivity contribution < 1.29 is 9.13 Å². The molecule has 0 saturated heterocycles. The summed E-state index contributed by atoms with van der Waals surface area (Å²) in [6, 6.07) is 9.78. The molecular formula is C18H19FN2O2S. The van der Waals surface area contributed by atoms with E-state index in [9.17, 15) is 9.18 Å². The molecule has 0 N–H and O–H groups in total. The van der Waals surface area contributed by atoms with Gasteiger partial charge in [-0.1, -0.05) is 30.3 Å². The fourth-order valence-corrected chi connectivity index (χ4v) is 3.94. The number of hydrogen-bond donors (Lipinski definition) is 0. The SMILES string of the molecule is COCCc1nc2sc(C)c(-c3ccccc3)c2c(=O)n1CCF. The van der Waals surface area contributed by atoms with Crippen molar-refractivity contribution in [3.63, 3.8) is 0 Å². The van der Waals surface area contributed by atoms with E-state index in [1.54, 1.807) is 7.11 Å². The van der Waals surface area contributed by atoms with Gasteiger partial charge in [-0.05, 0) is 12.5 Å². The number of halogens is 1. The summed E-state index contributed by atoms with van der Waals surface area (Å²) in [5.74, 6) is 0.577. The molecule has 126 valence electrons. The van der Waals surface area contributed by atoms with E-state index in [4.69, 9.17) is 4.74 Å². The maximum atomic E-state index is 13.0. The second kappa shape index (κ2) is 7.23.